The lowest BCUT2D eigenvalue weighted by atomic mass is 10.2. The van der Waals surface area contributed by atoms with Gasteiger partial charge in [-0.25, -0.2) is 9.37 Å². The third-order valence-electron chi connectivity index (χ3n) is 5.90. The maximum atomic E-state index is 14.0. The van der Waals surface area contributed by atoms with Crippen LogP contribution in [0.5, 0.6) is 5.75 Å². The van der Waals surface area contributed by atoms with Gasteiger partial charge in [0, 0.05) is 65.1 Å². The number of nitrogens with one attached hydrogen (secondary N) is 1. The minimum Gasteiger partial charge on any atom is -0.494 e. The third kappa shape index (κ3) is 6.14. The fourth-order valence-corrected chi connectivity index (χ4v) is 4.14. The number of halogens is 2. The molecule has 2 aromatic heterocycles. The molecule has 4 rings (SSSR count). The number of aromatic nitrogens is 2. The fraction of sp³-hybridized carbons (Fsp3) is 0.417. The highest BCUT2D eigenvalue weighted by molar-refractivity contribution is 14.0. The van der Waals surface area contributed by atoms with Crippen LogP contribution in [0.2, 0.25) is 0 Å². The first-order chi connectivity index (χ1) is 15.6. The Hall–Kier alpha value is -2.40. The average molecular weight is 566 g/mol. The Labute approximate surface area is 211 Å². The highest BCUT2D eigenvalue weighted by atomic mass is 127. The number of aliphatic imine (C=N–C) groups is 1. The van der Waals surface area contributed by atoms with Gasteiger partial charge in [0.25, 0.3) is 0 Å². The number of piperazine rings is 1. The quantitative estimate of drug-likeness (QED) is 0.282. The molecule has 1 saturated heterocycles. The number of benzene rings is 1. The number of methoxy groups -OCH3 is 1. The summed E-state index contributed by atoms with van der Waals surface area (Å²) >= 11 is 0. The van der Waals surface area contributed by atoms with Crippen LogP contribution in [-0.2, 0) is 13.0 Å². The van der Waals surface area contributed by atoms with Gasteiger partial charge in [-0.15, -0.1) is 24.0 Å². The maximum absolute atomic E-state index is 14.0. The maximum Gasteiger partial charge on any atom is 0.193 e. The predicted molar refractivity (Wildman–Crippen MR) is 140 cm³/mol. The molecule has 33 heavy (non-hydrogen) atoms. The molecule has 1 aromatic carbocycles. The Morgan fingerprint density at radius 2 is 2.00 bits per heavy atom. The number of imidazole rings is 1. The second-order valence-electron chi connectivity index (χ2n) is 8.11. The fourth-order valence-electron chi connectivity index (χ4n) is 4.14. The molecule has 0 atom stereocenters. The van der Waals surface area contributed by atoms with Crippen molar-refractivity contribution in [2.45, 2.75) is 19.9 Å². The summed E-state index contributed by atoms with van der Waals surface area (Å²) in [5.74, 6) is 0.890. The topological polar surface area (TPSA) is 57.4 Å². The first kappa shape index (κ1) is 25.2. The molecule has 0 spiro atoms. The Kier molecular flexibility index (Phi) is 8.90. The van der Waals surface area contributed by atoms with Gasteiger partial charge >= 0.3 is 0 Å². The van der Waals surface area contributed by atoms with Crippen LogP contribution in [0, 0.1) is 12.7 Å². The number of pyridine rings is 1. The molecule has 1 aliphatic heterocycles. The summed E-state index contributed by atoms with van der Waals surface area (Å²) < 4.78 is 21.0. The van der Waals surface area contributed by atoms with Crippen molar-refractivity contribution in [1.82, 2.24) is 24.5 Å². The smallest absolute Gasteiger partial charge is 0.193 e. The van der Waals surface area contributed by atoms with E-state index in [1.165, 1.54) is 12.7 Å². The van der Waals surface area contributed by atoms with E-state index in [0.717, 1.165) is 68.6 Å². The van der Waals surface area contributed by atoms with Crippen LogP contribution in [0.4, 0.5) is 4.39 Å². The van der Waals surface area contributed by atoms with Gasteiger partial charge in [0.2, 0.25) is 0 Å². The zero-order valence-corrected chi connectivity index (χ0v) is 21.8. The van der Waals surface area contributed by atoms with Crippen molar-refractivity contribution >= 4 is 35.6 Å². The highest BCUT2D eigenvalue weighted by Gasteiger charge is 2.20. The van der Waals surface area contributed by atoms with E-state index in [9.17, 15) is 4.39 Å². The zero-order chi connectivity index (χ0) is 22.5. The minimum absolute atomic E-state index is 0. The van der Waals surface area contributed by atoms with Gasteiger partial charge in [0.15, 0.2) is 17.5 Å². The van der Waals surface area contributed by atoms with Crippen molar-refractivity contribution in [2.75, 3.05) is 46.9 Å². The van der Waals surface area contributed by atoms with Gasteiger partial charge in [-0.05, 0) is 36.2 Å². The number of hydrogen-bond donors (Lipinski definition) is 1. The van der Waals surface area contributed by atoms with Crippen LogP contribution in [0.3, 0.4) is 0 Å². The van der Waals surface area contributed by atoms with E-state index in [0.29, 0.717) is 0 Å². The third-order valence-corrected chi connectivity index (χ3v) is 5.90. The molecule has 7 nitrogen and oxygen atoms in total. The Morgan fingerprint density at radius 3 is 2.67 bits per heavy atom. The normalized spacial score (nSPS) is 14.9. The summed E-state index contributed by atoms with van der Waals surface area (Å²) in [6, 6.07) is 9.30. The first-order valence-electron chi connectivity index (χ1n) is 11.0. The lowest BCUT2D eigenvalue weighted by Gasteiger charge is -2.36. The summed E-state index contributed by atoms with van der Waals surface area (Å²) in [5.41, 5.74) is 4.22. The summed E-state index contributed by atoms with van der Waals surface area (Å²) in [6.45, 7) is 7.16. The average Bonchev–Trinajstić information content (AvgIpc) is 3.22. The van der Waals surface area contributed by atoms with Crippen molar-refractivity contribution in [3.63, 3.8) is 0 Å². The molecule has 178 valence electrons. The molecule has 0 unspecified atom stereocenters. The molecule has 1 N–H and O–H groups in total. The minimum atomic E-state index is -0.311. The van der Waals surface area contributed by atoms with E-state index in [1.54, 1.807) is 12.1 Å². The van der Waals surface area contributed by atoms with Crippen LogP contribution in [-0.4, -0.2) is 72.0 Å². The van der Waals surface area contributed by atoms with Crippen molar-refractivity contribution in [2.24, 2.45) is 4.99 Å². The van der Waals surface area contributed by atoms with Crippen LogP contribution in [0.1, 0.15) is 16.8 Å². The van der Waals surface area contributed by atoms with Crippen molar-refractivity contribution in [1.29, 1.82) is 0 Å². The number of nitrogens with zero attached hydrogens (tertiary/aromatic N) is 5. The molecule has 3 aromatic rings. The summed E-state index contributed by atoms with van der Waals surface area (Å²) in [4.78, 5) is 13.8. The number of hydrogen-bond acceptors (Lipinski definition) is 4. The summed E-state index contributed by atoms with van der Waals surface area (Å²) in [6.07, 6.45) is 4.96. The molecule has 1 aliphatic rings. The second-order valence-corrected chi connectivity index (χ2v) is 8.11. The van der Waals surface area contributed by atoms with Gasteiger partial charge in [-0.3, -0.25) is 9.89 Å². The molecule has 0 saturated carbocycles. The second kappa shape index (κ2) is 11.6. The van der Waals surface area contributed by atoms with Gasteiger partial charge in [0.1, 0.15) is 5.65 Å². The lowest BCUT2D eigenvalue weighted by Crippen LogP contribution is -2.52. The van der Waals surface area contributed by atoms with Gasteiger partial charge in [-0.2, -0.15) is 0 Å². The van der Waals surface area contributed by atoms with E-state index in [2.05, 4.69) is 43.7 Å². The van der Waals surface area contributed by atoms with Gasteiger partial charge in [0.05, 0.1) is 12.8 Å². The van der Waals surface area contributed by atoms with Crippen molar-refractivity contribution in [3.05, 3.63) is 65.4 Å². The molecule has 3 heterocycles. The van der Waals surface area contributed by atoms with E-state index >= 15 is 0 Å². The van der Waals surface area contributed by atoms with Crippen LogP contribution in [0.15, 0.2) is 47.7 Å². The van der Waals surface area contributed by atoms with Gasteiger partial charge in [-0.1, -0.05) is 12.1 Å². The summed E-state index contributed by atoms with van der Waals surface area (Å²) in [5, 5.41) is 3.48. The monoisotopic (exact) mass is 566 g/mol. The standard InChI is InChI=1S/C24H31FN6O.HI/c1-18-5-4-10-31-17-20(28-23(18)31)8-9-27-24(26-2)30-13-11-29(12-14-30)16-19-6-7-22(32-3)21(25)15-19;/h4-7,10,15,17H,8-9,11-14,16H2,1-3H3,(H,26,27);1H. The van der Waals surface area contributed by atoms with E-state index in [-0.39, 0.29) is 35.5 Å². The molecule has 0 amide bonds. The Balaban J connectivity index is 0.00000306. The molecule has 1 fully saturated rings. The SMILES string of the molecule is CN=C(NCCc1cn2cccc(C)c2n1)N1CCN(Cc2ccc(OC)c(F)c2)CC1.I. The van der Waals surface area contributed by atoms with Crippen LogP contribution < -0.4 is 10.1 Å². The van der Waals surface area contributed by atoms with E-state index in [4.69, 9.17) is 9.72 Å². The molecule has 0 aliphatic carbocycles. The van der Waals surface area contributed by atoms with E-state index in [1.807, 2.05) is 25.4 Å². The molecular weight excluding hydrogens is 534 g/mol. The zero-order valence-electron chi connectivity index (χ0n) is 19.4. The molecule has 0 bridgehead atoms. The Bertz CT molecular complexity index is 1090. The Morgan fingerprint density at radius 1 is 1.21 bits per heavy atom. The predicted octanol–water partition coefficient (Wildman–Crippen LogP) is 3.34. The molecular formula is C24H32FIN6O. The number of guanidine groups is 1. The van der Waals surface area contributed by atoms with Crippen molar-refractivity contribution < 1.29 is 9.13 Å². The number of fused-ring (bicyclic) bond motifs is 1. The first-order valence-corrected chi connectivity index (χ1v) is 11.0. The highest BCUT2D eigenvalue weighted by Crippen LogP contribution is 2.19. The number of ether oxygens (including phenoxy) is 1. The van der Waals surface area contributed by atoms with Crippen molar-refractivity contribution in [3.8, 4) is 5.75 Å². The van der Waals surface area contributed by atoms with E-state index < -0.39 is 0 Å². The largest absolute Gasteiger partial charge is 0.494 e. The van der Waals surface area contributed by atoms with Crippen LogP contribution in [0.25, 0.3) is 5.65 Å². The molecule has 9 heteroatoms. The lowest BCUT2D eigenvalue weighted by molar-refractivity contribution is 0.172. The van der Waals surface area contributed by atoms with Gasteiger partial charge < -0.3 is 19.4 Å². The number of aryl methyl sites for hydroxylation is 1. The number of rotatable bonds is 6. The summed E-state index contributed by atoms with van der Waals surface area (Å²) in [7, 11) is 3.31. The van der Waals surface area contributed by atoms with Crippen LogP contribution >= 0.6 is 24.0 Å². The molecule has 0 radical (unpaired) electrons.